The van der Waals surface area contributed by atoms with E-state index >= 15 is 0 Å². The van der Waals surface area contributed by atoms with Gasteiger partial charge in [-0.3, -0.25) is 0 Å². The number of hydrogen-bond acceptors (Lipinski definition) is 4. The van der Waals surface area contributed by atoms with Gasteiger partial charge < -0.3 is 4.42 Å². The highest BCUT2D eigenvalue weighted by atomic mass is 16.3. The molecular formula is C50H33N3O. The lowest BCUT2D eigenvalue weighted by Gasteiger charge is -2.22. The largest absolute Gasteiger partial charge is 0.455 e. The standard InChI is InChI=1S/C50H33N3O/c1-50(2)40-21-11-8-18-34(40)35-25-24-31(28-41(35)50)49-52-43(30-14-4-3-5-15-30)29-44(53-49)36-26-27-37(33-17-7-6-16-32(33)36)47-46-39-20-10-13-23-45(39)54-48(46)38-19-9-12-22-42(38)51-47/h3-29H,1-2H3. The molecule has 10 aromatic rings. The van der Waals surface area contributed by atoms with Crippen molar-refractivity contribution in [1.29, 1.82) is 0 Å². The van der Waals surface area contributed by atoms with Crippen LogP contribution >= 0.6 is 0 Å². The summed E-state index contributed by atoms with van der Waals surface area (Å²) in [7, 11) is 0. The molecule has 1 aliphatic carbocycles. The van der Waals surface area contributed by atoms with Gasteiger partial charge in [0.2, 0.25) is 0 Å². The second kappa shape index (κ2) is 11.5. The van der Waals surface area contributed by atoms with E-state index in [-0.39, 0.29) is 5.41 Å². The normalized spacial score (nSPS) is 13.1. The van der Waals surface area contributed by atoms with Crippen LogP contribution in [0.1, 0.15) is 25.0 Å². The fourth-order valence-corrected chi connectivity index (χ4v) is 8.65. The SMILES string of the molecule is CC1(C)c2ccccc2-c2ccc(-c3nc(-c4ccccc4)cc(-c4ccc(-c5nc6ccccc6c6oc7ccccc7c56)c5ccccc45)n3)cc21. The third-order valence-electron chi connectivity index (χ3n) is 11.3. The Hall–Kier alpha value is -6.91. The summed E-state index contributed by atoms with van der Waals surface area (Å²) in [5.41, 5.74) is 14.5. The third-order valence-corrected chi connectivity index (χ3v) is 11.3. The summed E-state index contributed by atoms with van der Waals surface area (Å²) in [5.74, 6) is 0.705. The Morgan fingerprint density at radius 1 is 0.444 bits per heavy atom. The smallest absolute Gasteiger partial charge is 0.160 e. The van der Waals surface area contributed by atoms with Crippen LogP contribution in [0.25, 0.3) is 99.9 Å². The number of hydrogen-bond donors (Lipinski definition) is 0. The number of benzene rings is 7. The van der Waals surface area contributed by atoms with Gasteiger partial charge >= 0.3 is 0 Å². The van der Waals surface area contributed by atoms with Gasteiger partial charge in [-0.1, -0.05) is 147 Å². The summed E-state index contributed by atoms with van der Waals surface area (Å²) in [4.78, 5) is 15.9. The molecule has 0 bridgehead atoms. The minimum Gasteiger partial charge on any atom is -0.455 e. The minimum absolute atomic E-state index is 0.129. The second-order valence-corrected chi connectivity index (χ2v) is 14.7. The lowest BCUT2D eigenvalue weighted by Crippen LogP contribution is -2.15. The number of fused-ring (bicyclic) bond motifs is 9. The minimum atomic E-state index is -0.129. The highest BCUT2D eigenvalue weighted by Gasteiger charge is 2.35. The third kappa shape index (κ3) is 4.53. The van der Waals surface area contributed by atoms with Crippen LogP contribution in [0, 0.1) is 0 Å². The van der Waals surface area contributed by atoms with Gasteiger partial charge in [-0.25, -0.2) is 15.0 Å². The average Bonchev–Trinajstić information content (AvgIpc) is 3.73. The molecule has 3 aromatic heterocycles. The Kier molecular flexibility index (Phi) is 6.56. The predicted octanol–water partition coefficient (Wildman–Crippen LogP) is 13.1. The summed E-state index contributed by atoms with van der Waals surface area (Å²) in [6.45, 7) is 4.62. The average molecular weight is 692 g/mol. The Balaban J connectivity index is 1.13. The van der Waals surface area contributed by atoms with Crippen LogP contribution in [-0.4, -0.2) is 15.0 Å². The van der Waals surface area contributed by atoms with Crippen molar-refractivity contribution < 1.29 is 4.42 Å². The van der Waals surface area contributed by atoms with Gasteiger partial charge in [0, 0.05) is 38.4 Å². The van der Waals surface area contributed by atoms with Crippen LogP contribution in [0.15, 0.2) is 168 Å². The molecule has 0 spiro atoms. The van der Waals surface area contributed by atoms with Crippen molar-refractivity contribution in [2.24, 2.45) is 0 Å². The molecule has 0 fully saturated rings. The first-order valence-corrected chi connectivity index (χ1v) is 18.4. The van der Waals surface area contributed by atoms with Crippen LogP contribution in [0.3, 0.4) is 0 Å². The van der Waals surface area contributed by atoms with E-state index in [0.717, 1.165) is 82.9 Å². The highest BCUT2D eigenvalue weighted by molar-refractivity contribution is 6.21. The molecular weight excluding hydrogens is 659 g/mol. The van der Waals surface area contributed by atoms with E-state index in [1.807, 2.05) is 30.3 Å². The topological polar surface area (TPSA) is 51.8 Å². The van der Waals surface area contributed by atoms with Gasteiger partial charge in [0.1, 0.15) is 11.2 Å². The molecule has 4 nitrogen and oxygen atoms in total. The molecule has 0 radical (unpaired) electrons. The van der Waals surface area contributed by atoms with E-state index in [0.29, 0.717) is 5.82 Å². The summed E-state index contributed by atoms with van der Waals surface area (Å²) in [5, 5.41) is 5.29. The number of aromatic nitrogens is 3. The van der Waals surface area contributed by atoms with Crippen LogP contribution in [0.4, 0.5) is 0 Å². The maximum Gasteiger partial charge on any atom is 0.160 e. The molecule has 3 heterocycles. The molecule has 4 heteroatoms. The Morgan fingerprint density at radius 2 is 1.07 bits per heavy atom. The highest BCUT2D eigenvalue weighted by Crippen LogP contribution is 2.50. The first kappa shape index (κ1) is 30.7. The fourth-order valence-electron chi connectivity index (χ4n) is 8.65. The van der Waals surface area contributed by atoms with Gasteiger partial charge in [-0.15, -0.1) is 0 Å². The van der Waals surface area contributed by atoms with E-state index < -0.39 is 0 Å². The Bertz CT molecular complexity index is 3140. The summed E-state index contributed by atoms with van der Waals surface area (Å²) >= 11 is 0. The summed E-state index contributed by atoms with van der Waals surface area (Å²) in [6, 6.07) is 57.5. The van der Waals surface area contributed by atoms with Gasteiger partial charge in [-0.05, 0) is 63.4 Å². The molecule has 0 saturated heterocycles. The maximum atomic E-state index is 6.55. The molecule has 0 amide bonds. The molecule has 254 valence electrons. The lowest BCUT2D eigenvalue weighted by molar-refractivity contribution is 0.660. The number of furan rings is 1. The van der Waals surface area contributed by atoms with E-state index in [4.69, 9.17) is 19.4 Å². The molecule has 11 rings (SSSR count). The molecule has 0 aliphatic heterocycles. The van der Waals surface area contributed by atoms with Gasteiger partial charge in [0.05, 0.1) is 28.0 Å². The molecule has 0 saturated carbocycles. The molecule has 7 aromatic carbocycles. The number of rotatable bonds is 4. The van der Waals surface area contributed by atoms with Crippen LogP contribution in [0.5, 0.6) is 0 Å². The number of nitrogens with zero attached hydrogens (tertiary/aromatic N) is 3. The van der Waals surface area contributed by atoms with E-state index in [2.05, 4.69) is 147 Å². The van der Waals surface area contributed by atoms with E-state index in [9.17, 15) is 0 Å². The van der Waals surface area contributed by atoms with Crippen molar-refractivity contribution in [3.05, 3.63) is 175 Å². The first-order chi connectivity index (χ1) is 26.5. The van der Waals surface area contributed by atoms with E-state index in [1.54, 1.807) is 0 Å². The van der Waals surface area contributed by atoms with Crippen molar-refractivity contribution in [3.8, 4) is 56.3 Å². The molecule has 54 heavy (non-hydrogen) atoms. The first-order valence-electron chi connectivity index (χ1n) is 18.4. The van der Waals surface area contributed by atoms with Crippen molar-refractivity contribution in [2.45, 2.75) is 19.3 Å². The fraction of sp³-hybridized carbons (Fsp3) is 0.0600. The molecule has 0 unspecified atom stereocenters. The zero-order valence-electron chi connectivity index (χ0n) is 29.8. The molecule has 0 atom stereocenters. The number of para-hydroxylation sites is 2. The summed E-state index contributed by atoms with van der Waals surface area (Å²) in [6.07, 6.45) is 0. The maximum absolute atomic E-state index is 6.55. The van der Waals surface area contributed by atoms with Crippen molar-refractivity contribution >= 4 is 43.6 Å². The lowest BCUT2D eigenvalue weighted by atomic mass is 9.82. The van der Waals surface area contributed by atoms with Crippen LogP contribution < -0.4 is 0 Å². The Morgan fingerprint density at radius 3 is 1.93 bits per heavy atom. The Labute approximate surface area is 312 Å². The van der Waals surface area contributed by atoms with Crippen molar-refractivity contribution in [1.82, 2.24) is 15.0 Å². The number of pyridine rings is 1. The second-order valence-electron chi connectivity index (χ2n) is 14.7. The van der Waals surface area contributed by atoms with E-state index in [1.165, 1.54) is 22.3 Å². The summed E-state index contributed by atoms with van der Waals surface area (Å²) < 4.78 is 6.55. The van der Waals surface area contributed by atoms with Crippen molar-refractivity contribution in [2.75, 3.05) is 0 Å². The molecule has 1 aliphatic rings. The monoisotopic (exact) mass is 691 g/mol. The van der Waals surface area contributed by atoms with Crippen molar-refractivity contribution in [3.63, 3.8) is 0 Å². The van der Waals surface area contributed by atoms with Crippen LogP contribution in [-0.2, 0) is 5.41 Å². The zero-order valence-corrected chi connectivity index (χ0v) is 29.8. The van der Waals surface area contributed by atoms with Crippen LogP contribution in [0.2, 0.25) is 0 Å². The molecule has 0 N–H and O–H groups in total. The van der Waals surface area contributed by atoms with Gasteiger partial charge in [0.15, 0.2) is 5.82 Å². The zero-order chi connectivity index (χ0) is 36.0. The van der Waals surface area contributed by atoms with Gasteiger partial charge in [0.25, 0.3) is 0 Å². The predicted molar refractivity (Wildman–Crippen MR) is 221 cm³/mol. The quantitative estimate of drug-likeness (QED) is 0.184. The van der Waals surface area contributed by atoms with Gasteiger partial charge in [-0.2, -0.15) is 0 Å².